The summed E-state index contributed by atoms with van der Waals surface area (Å²) in [6.45, 7) is 17.6. The lowest BCUT2D eigenvalue weighted by Gasteiger charge is -2.26. The topological polar surface area (TPSA) is 0 Å². The molecule has 24 heavy (non-hydrogen) atoms. The predicted molar refractivity (Wildman–Crippen MR) is 101 cm³/mol. The van der Waals surface area contributed by atoms with Gasteiger partial charge >= 0.3 is 0 Å². The Morgan fingerprint density at radius 2 is 1.42 bits per heavy atom. The van der Waals surface area contributed by atoms with Gasteiger partial charge in [0.05, 0.1) is 0 Å². The Kier molecular flexibility index (Phi) is 3.54. The van der Waals surface area contributed by atoms with Crippen LogP contribution in [0.3, 0.4) is 0 Å². The van der Waals surface area contributed by atoms with Crippen LogP contribution in [0.4, 0.5) is 4.39 Å². The Morgan fingerprint density at radius 1 is 0.792 bits per heavy atom. The van der Waals surface area contributed by atoms with Crippen molar-refractivity contribution in [1.82, 2.24) is 0 Å². The summed E-state index contributed by atoms with van der Waals surface area (Å²) >= 11 is 0. The molecule has 0 bridgehead atoms. The fourth-order valence-electron chi connectivity index (χ4n) is 3.87. The van der Waals surface area contributed by atoms with Crippen LogP contribution in [-0.4, -0.2) is 0 Å². The van der Waals surface area contributed by atoms with Crippen molar-refractivity contribution in [3.8, 4) is 11.1 Å². The van der Waals surface area contributed by atoms with Gasteiger partial charge in [-0.1, -0.05) is 73.6 Å². The van der Waals surface area contributed by atoms with E-state index >= 15 is 0 Å². The average Bonchev–Trinajstić information content (AvgIpc) is 2.64. The second-order valence-corrected chi connectivity index (χ2v) is 9.76. The van der Waals surface area contributed by atoms with E-state index in [1.807, 2.05) is 0 Å². The van der Waals surface area contributed by atoms with Crippen LogP contribution in [0.2, 0.25) is 0 Å². The maximum Gasteiger partial charge on any atom is 0.123 e. The second-order valence-electron chi connectivity index (χ2n) is 9.76. The molecule has 0 aromatic heterocycles. The van der Waals surface area contributed by atoms with E-state index in [0.29, 0.717) is 0 Å². The molecule has 0 saturated heterocycles. The van der Waals surface area contributed by atoms with Crippen LogP contribution in [0.25, 0.3) is 11.1 Å². The quantitative estimate of drug-likeness (QED) is 0.504. The predicted octanol–water partition coefficient (Wildman–Crippen LogP) is 6.73. The number of rotatable bonds is 0. The SMILES string of the molecule is CC(C)(C)c1ccc2c(c1)C(C)(C)c1cc(F)cc(C(C)(C)C)c1-2. The first-order valence-electron chi connectivity index (χ1n) is 8.83. The van der Waals surface area contributed by atoms with Gasteiger partial charge in [-0.3, -0.25) is 0 Å². The van der Waals surface area contributed by atoms with Gasteiger partial charge in [-0.05, 0) is 56.3 Å². The van der Waals surface area contributed by atoms with Crippen molar-refractivity contribution in [2.24, 2.45) is 0 Å². The molecular weight excluding hydrogens is 295 g/mol. The van der Waals surface area contributed by atoms with Gasteiger partial charge in [0.1, 0.15) is 5.82 Å². The average molecular weight is 324 g/mol. The van der Waals surface area contributed by atoms with Gasteiger partial charge in [0.25, 0.3) is 0 Å². The number of benzene rings is 2. The minimum absolute atomic E-state index is 0.0907. The molecule has 2 aromatic carbocycles. The zero-order valence-corrected chi connectivity index (χ0v) is 16.3. The molecule has 0 saturated carbocycles. The van der Waals surface area contributed by atoms with Crippen LogP contribution < -0.4 is 0 Å². The van der Waals surface area contributed by atoms with Crippen molar-refractivity contribution in [2.75, 3.05) is 0 Å². The molecule has 0 aliphatic heterocycles. The van der Waals surface area contributed by atoms with Crippen molar-refractivity contribution in [1.29, 1.82) is 0 Å². The fraction of sp³-hybridized carbons (Fsp3) is 0.478. The van der Waals surface area contributed by atoms with E-state index in [9.17, 15) is 4.39 Å². The number of hydrogen-bond acceptors (Lipinski definition) is 0. The van der Waals surface area contributed by atoms with Crippen LogP contribution in [0.1, 0.15) is 77.6 Å². The molecule has 0 N–H and O–H groups in total. The Balaban J connectivity index is 2.37. The van der Waals surface area contributed by atoms with Gasteiger partial charge in [0.15, 0.2) is 0 Å². The fourth-order valence-corrected chi connectivity index (χ4v) is 3.87. The molecule has 0 atom stereocenters. The summed E-state index contributed by atoms with van der Waals surface area (Å²) in [4.78, 5) is 0. The summed E-state index contributed by atoms with van der Waals surface area (Å²) in [6.07, 6.45) is 0. The number of fused-ring (bicyclic) bond motifs is 3. The van der Waals surface area contributed by atoms with Crippen LogP contribution >= 0.6 is 0 Å². The third-order valence-electron chi connectivity index (χ3n) is 5.41. The van der Waals surface area contributed by atoms with E-state index in [4.69, 9.17) is 0 Å². The summed E-state index contributed by atoms with van der Waals surface area (Å²) < 4.78 is 14.4. The van der Waals surface area contributed by atoms with E-state index < -0.39 is 0 Å². The van der Waals surface area contributed by atoms with E-state index in [2.05, 4.69) is 73.6 Å². The van der Waals surface area contributed by atoms with Crippen LogP contribution in [-0.2, 0) is 16.2 Å². The van der Waals surface area contributed by atoms with Crippen molar-refractivity contribution in [3.63, 3.8) is 0 Å². The minimum atomic E-state index is -0.173. The third kappa shape index (κ3) is 2.49. The number of hydrogen-bond donors (Lipinski definition) is 0. The Bertz CT molecular complexity index is 811. The first-order chi connectivity index (χ1) is 10.8. The minimum Gasteiger partial charge on any atom is -0.207 e. The van der Waals surface area contributed by atoms with E-state index in [1.165, 1.54) is 22.3 Å². The lowest BCUT2D eigenvalue weighted by molar-refractivity contribution is 0.565. The highest BCUT2D eigenvalue weighted by atomic mass is 19.1. The van der Waals surface area contributed by atoms with Crippen molar-refractivity contribution in [3.05, 3.63) is 58.4 Å². The lowest BCUT2D eigenvalue weighted by atomic mass is 9.78. The van der Waals surface area contributed by atoms with Gasteiger partial charge in [0.2, 0.25) is 0 Å². The molecule has 0 spiro atoms. The highest BCUT2D eigenvalue weighted by molar-refractivity contribution is 5.84. The van der Waals surface area contributed by atoms with Gasteiger partial charge in [-0.2, -0.15) is 0 Å². The maximum atomic E-state index is 14.4. The normalized spacial score (nSPS) is 16.0. The van der Waals surface area contributed by atoms with Gasteiger partial charge < -0.3 is 0 Å². The van der Waals surface area contributed by atoms with Crippen LogP contribution in [0.15, 0.2) is 30.3 Å². The molecule has 0 amide bonds. The monoisotopic (exact) mass is 324 g/mol. The molecule has 0 heterocycles. The zero-order chi connectivity index (χ0) is 18.1. The van der Waals surface area contributed by atoms with Gasteiger partial charge in [-0.25, -0.2) is 4.39 Å². The summed E-state index contributed by atoms with van der Waals surface area (Å²) in [6, 6.07) is 10.3. The summed E-state index contributed by atoms with van der Waals surface area (Å²) in [5.74, 6) is -0.129. The van der Waals surface area contributed by atoms with Crippen LogP contribution in [0, 0.1) is 5.82 Å². The largest absolute Gasteiger partial charge is 0.207 e. The molecule has 0 fully saturated rings. The van der Waals surface area contributed by atoms with Crippen LogP contribution in [0.5, 0.6) is 0 Å². The highest BCUT2D eigenvalue weighted by Crippen LogP contribution is 2.52. The molecule has 2 aromatic rings. The first kappa shape index (κ1) is 17.2. The molecule has 0 unspecified atom stereocenters. The summed E-state index contributed by atoms with van der Waals surface area (Å²) in [7, 11) is 0. The first-order valence-corrected chi connectivity index (χ1v) is 8.83. The molecule has 3 rings (SSSR count). The molecule has 128 valence electrons. The lowest BCUT2D eigenvalue weighted by Crippen LogP contribution is -2.18. The molecule has 0 radical (unpaired) electrons. The zero-order valence-electron chi connectivity index (χ0n) is 16.3. The van der Waals surface area contributed by atoms with Crippen molar-refractivity contribution >= 4 is 0 Å². The maximum absolute atomic E-state index is 14.4. The molecule has 1 aliphatic carbocycles. The molecular formula is C23H29F. The molecule has 0 nitrogen and oxygen atoms in total. The number of halogens is 1. The Morgan fingerprint density at radius 3 is 1.96 bits per heavy atom. The molecule has 1 heteroatoms. The third-order valence-corrected chi connectivity index (χ3v) is 5.41. The van der Waals surface area contributed by atoms with Gasteiger partial charge in [-0.15, -0.1) is 0 Å². The Hall–Kier alpha value is -1.63. The van der Waals surface area contributed by atoms with E-state index in [-0.39, 0.29) is 22.1 Å². The smallest absolute Gasteiger partial charge is 0.123 e. The summed E-state index contributed by atoms with van der Waals surface area (Å²) in [5, 5.41) is 0. The standard InChI is InChI=1S/C23H29F/c1-21(2,3)14-9-10-16-17(11-14)23(7,8)19-13-15(24)12-18(20(16)19)22(4,5)6/h9-13H,1-8H3. The Labute approximate surface area is 146 Å². The van der Waals surface area contributed by atoms with Gasteiger partial charge in [0, 0.05) is 5.41 Å². The van der Waals surface area contributed by atoms with Crippen molar-refractivity contribution < 1.29 is 4.39 Å². The molecule has 1 aliphatic rings. The van der Waals surface area contributed by atoms with E-state index in [0.717, 1.165) is 11.1 Å². The van der Waals surface area contributed by atoms with E-state index in [1.54, 1.807) is 12.1 Å². The van der Waals surface area contributed by atoms with Crippen molar-refractivity contribution in [2.45, 2.75) is 71.6 Å². The highest BCUT2D eigenvalue weighted by Gasteiger charge is 2.39. The second kappa shape index (κ2) is 4.94. The summed E-state index contributed by atoms with van der Waals surface area (Å²) in [5.41, 5.74) is 7.23.